The molecule has 0 bridgehead atoms. The van der Waals surface area contributed by atoms with Crippen molar-refractivity contribution in [2.24, 2.45) is 0 Å². The first kappa shape index (κ1) is 14.1. The Balaban J connectivity index is 2.32. The lowest BCUT2D eigenvalue weighted by Gasteiger charge is -2.22. The molecule has 1 aliphatic heterocycles. The third-order valence-corrected chi connectivity index (χ3v) is 3.23. The molecular weight excluding hydrogens is 260 g/mol. The summed E-state index contributed by atoms with van der Waals surface area (Å²) in [5, 5.41) is 10.9. The highest BCUT2D eigenvalue weighted by atomic mass is 16.5. The molecule has 106 valence electrons. The molecule has 2 N–H and O–H groups in total. The topological polar surface area (TPSA) is 78.9 Å². The third-order valence-electron chi connectivity index (χ3n) is 3.23. The van der Waals surface area contributed by atoms with E-state index in [1.54, 1.807) is 49.3 Å². The largest absolute Gasteiger partial charge is 0.480 e. The first-order valence-electron chi connectivity index (χ1n) is 6.04. The van der Waals surface area contributed by atoms with Crippen LogP contribution in [-0.4, -0.2) is 41.8 Å². The molecule has 0 saturated heterocycles. The molecule has 6 nitrogen and oxygen atoms in total. The molecule has 1 heterocycles. The summed E-state index contributed by atoms with van der Waals surface area (Å²) in [6.45, 7) is 1.58. The number of hydrogen-bond acceptors (Lipinski definition) is 5. The van der Waals surface area contributed by atoms with Gasteiger partial charge in [-0.25, -0.2) is 15.0 Å². The maximum atomic E-state index is 11.4. The van der Waals surface area contributed by atoms with Gasteiger partial charge in [0.15, 0.2) is 5.54 Å². The van der Waals surface area contributed by atoms with Gasteiger partial charge in [0, 0.05) is 7.05 Å². The van der Waals surface area contributed by atoms with E-state index < -0.39 is 17.5 Å². The summed E-state index contributed by atoms with van der Waals surface area (Å²) in [6.07, 6.45) is 1.64. The van der Waals surface area contributed by atoms with Gasteiger partial charge in [0.05, 0.1) is 18.4 Å². The van der Waals surface area contributed by atoms with E-state index in [2.05, 4.69) is 10.2 Å². The number of hydrogen-bond donors (Lipinski definition) is 2. The van der Waals surface area contributed by atoms with Gasteiger partial charge in [0.1, 0.15) is 0 Å². The van der Waals surface area contributed by atoms with Crippen molar-refractivity contribution in [2.75, 3.05) is 14.2 Å². The maximum Gasteiger partial charge on any atom is 0.337 e. The van der Waals surface area contributed by atoms with Crippen LogP contribution >= 0.6 is 0 Å². The molecular formula is C14H16N2O4. The maximum absolute atomic E-state index is 11.4. The minimum atomic E-state index is -1.13. The van der Waals surface area contributed by atoms with Crippen LogP contribution in [0.15, 0.2) is 30.3 Å². The Morgan fingerprint density at radius 2 is 1.90 bits per heavy atom. The number of nitrogens with one attached hydrogen (secondary N) is 1. The van der Waals surface area contributed by atoms with Crippen LogP contribution in [0, 0.1) is 0 Å². The number of carbonyl (C=O) groups is 2. The summed E-state index contributed by atoms with van der Waals surface area (Å²) in [7, 11) is 3.07. The standard InChI is InChI=1S/C14H16N2O4/c1-14(13(18)19)8-11(16(2)15-14)9-4-6-10(7-5-9)12(17)20-3/h4-8,15H,1-3H3,(H,18,19). The number of carboxylic acid groups (broad SMARTS) is 1. The lowest BCUT2D eigenvalue weighted by molar-refractivity contribution is -0.142. The predicted octanol–water partition coefficient (Wildman–Crippen LogP) is 1.11. The Morgan fingerprint density at radius 1 is 1.30 bits per heavy atom. The van der Waals surface area contributed by atoms with Gasteiger partial charge in [-0.1, -0.05) is 12.1 Å². The average molecular weight is 276 g/mol. The molecule has 0 spiro atoms. The van der Waals surface area contributed by atoms with Crippen molar-refractivity contribution in [3.05, 3.63) is 41.5 Å². The average Bonchev–Trinajstić information content (AvgIpc) is 2.75. The number of ether oxygens (including phenoxy) is 1. The summed E-state index contributed by atoms with van der Waals surface area (Å²) in [6, 6.07) is 6.80. The number of hydrazine groups is 1. The van der Waals surface area contributed by atoms with Crippen molar-refractivity contribution in [3.8, 4) is 0 Å². The van der Waals surface area contributed by atoms with Gasteiger partial charge < -0.3 is 14.9 Å². The predicted molar refractivity (Wildman–Crippen MR) is 72.7 cm³/mol. The number of methoxy groups -OCH3 is 1. The highest BCUT2D eigenvalue weighted by molar-refractivity contribution is 5.90. The zero-order chi connectivity index (χ0) is 14.9. The van der Waals surface area contributed by atoms with Crippen LogP contribution in [-0.2, 0) is 9.53 Å². The van der Waals surface area contributed by atoms with Crippen LogP contribution in [0.2, 0.25) is 0 Å². The van der Waals surface area contributed by atoms with Crippen molar-refractivity contribution in [1.82, 2.24) is 10.4 Å². The number of carbonyl (C=O) groups excluding carboxylic acids is 1. The highest BCUT2D eigenvalue weighted by Gasteiger charge is 2.38. The zero-order valence-corrected chi connectivity index (χ0v) is 11.5. The van der Waals surface area contributed by atoms with Gasteiger partial charge in [-0.05, 0) is 30.7 Å². The second kappa shape index (κ2) is 4.97. The molecule has 2 rings (SSSR count). The molecule has 0 amide bonds. The summed E-state index contributed by atoms with van der Waals surface area (Å²) >= 11 is 0. The lowest BCUT2D eigenvalue weighted by Crippen LogP contribution is -2.48. The minimum Gasteiger partial charge on any atom is -0.480 e. The number of esters is 1. The number of aliphatic carboxylic acids is 1. The smallest absolute Gasteiger partial charge is 0.337 e. The summed E-state index contributed by atoms with van der Waals surface area (Å²) in [4.78, 5) is 22.6. The minimum absolute atomic E-state index is 0.404. The molecule has 0 radical (unpaired) electrons. The van der Waals surface area contributed by atoms with E-state index in [4.69, 9.17) is 0 Å². The fourth-order valence-corrected chi connectivity index (χ4v) is 2.09. The van der Waals surface area contributed by atoms with Crippen LogP contribution in [0.5, 0.6) is 0 Å². The van der Waals surface area contributed by atoms with Gasteiger partial charge in [0.25, 0.3) is 0 Å². The first-order valence-corrected chi connectivity index (χ1v) is 6.04. The van der Waals surface area contributed by atoms with Crippen molar-refractivity contribution < 1.29 is 19.4 Å². The summed E-state index contributed by atoms with van der Waals surface area (Å²) in [5.41, 5.74) is 3.75. The Kier molecular flexibility index (Phi) is 3.50. The SMILES string of the molecule is COC(=O)c1ccc(C2=CC(C)(C(=O)O)NN2C)cc1. The number of benzene rings is 1. The van der Waals surface area contributed by atoms with Gasteiger partial charge in [-0.3, -0.25) is 0 Å². The van der Waals surface area contributed by atoms with Gasteiger partial charge in [-0.15, -0.1) is 0 Å². The summed E-state index contributed by atoms with van der Waals surface area (Å²) in [5.74, 6) is -1.36. The Hall–Kier alpha value is -2.34. The Labute approximate surface area is 116 Å². The van der Waals surface area contributed by atoms with Crippen LogP contribution < -0.4 is 5.43 Å². The lowest BCUT2D eigenvalue weighted by atomic mass is 10.0. The Bertz CT molecular complexity index is 579. The van der Waals surface area contributed by atoms with E-state index in [-0.39, 0.29) is 0 Å². The highest BCUT2D eigenvalue weighted by Crippen LogP contribution is 2.27. The fourth-order valence-electron chi connectivity index (χ4n) is 2.09. The Morgan fingerprint density at radius 3 is 2.35 bits per heavy atom. The molecule has 1 aliphatic rings. The molecule has 0 fully saturated rings. The van der Waals surface area contributed by atoms with Crippen molar-refractivity contribution in [2.45, 2.75) is 12.5 Å². The van der Waals surface area contributed by atoms with Crippen molar-refractivity contribution in [1.29, 1.82) is 0 Å². The van der Waals surface area contributed by atoms with E-state index in [9.17, 15) is 14.7 Å². The number of nitrogens with zero attached hydrogens (tertiary/aromatic N) is 1. The second-order valence-electron chi connectivity index (χ2n) is 4.78. The second-order valence-corrected chi connectivity index (χ2v) is 4.78. The van der Waals surface area contributed by atoms with E-state index in [0.717, 1.165) is 11.3 Å². The van der Waals surface area contributed by atoms with Crippen molar-refractivity contribution >= 4 is 17.6 Å². The first-order chi connectivity index (χ1) is 9.37. The third kappa shape index (κ3) is 2.37. The molecule has 6 heteroatoms. The molecule has 0 aliphatic carbocycles. The van der Waals surface area contributed by atoms with E-state index in [0.29, 0.717) is 5.56 Å². The molecule has 1 aromatic carbocycles. The quantitative estimate of drug-likeness (QED) is 0.805. The van der Waals surface area contributed by atoms with Crippen LogP contribution in [0.1, 0.15) is 22.8 Å². The van der Waals surface area contributed by atoms with Crippen LogP contribution in [0.4, 0.5) is 0 Å². The van der Waals surface area contributed by atoms with Gasteiger partial charge >= 0.3 is 11.9 Å². The van der Waals surface area contributed by atoms with E-state index in [1.165, 1.54) is 7.11 Å². The number of carboxylic acids is 1. The van der Waals surface area contributed by atoms with E-state index in [1.807, 2.05) is 0 Å². The monoisotopic (exact) mass is 276 g/mol. The van der Waals surface area contributed by atoms with Gasteiger partial charge in [-0.2, -0.15) is 0 Å². The molecule has 1 atom stereocenters. The molecule has 0 saturated carbocycles. The molecule has 0 aromatic heterocycles. The molecule has 1 unspecified atom stereocenters. The van der Waals surface area contributed by atoms with Crippen LogP contribution in [0.25, 0.3) is 5.70 Å². The van der Waals surface area contributed by atoms with Crippen molar-refractivity contribution in [3.63, 3.8) is 0 Å². The van der Waals surface area contributed by atoms with E-state index >= 15 is 0 Å². The van der Waals surface area contributed by atoms with Gasteiger partial charge in [0.2, 0.25) is 0 Å². The number of rotatable bonds is 3. The van der Waals surface area contributed by atoms with Crippen LogP contribution in [0.3, 0.4) is 0 Å². The molecule has 20 heavy (non-hydrogen) atoms. The zero-order valence-electron chi connectivity index (χ0n) is 11.5. The molecule has 1 aromatic rings. The summed E-state index contributed by atoms with van der Waals surface area (Å²) < 4.78 is 4.63. The normalized spacial score (nSPS) is 21.6. The fraction of sp³-hybridized carbons (Fsp3) is 0.286.